The summed E-state index contributed by atoms with van der Waals surface area (Å²) in [6.45, 7) is 6.45. The van der Waals surface area contributed by atoms with Gasteiger partial charge in [-0.3, -0.25) is 0 Å². The van der Waals surface area contributed by atoms with Crippen molar-refractivity contribution < 1.29 is 0 Å². The summed E-state index contributed by atoms with van der Waals surface area (Å²) in [7, 11) is 0. The predicted molar refractivity (Wildman–Crippen MR) is 50.4 cm³/mol. The number of pyridine rings is 1. The summed E-state index contributed by atoms with van der Waals surface area (Å²) < 4.78 is 0. The first-order chi connectivity index (χ1) is 6.09. The van der Waals surface area contributed by atoms with Gasteiger partial charge in [0.1, 0.15) is 5.52 Å². The molecule has 0 radical (unpaired) electrons. The molecule has 0 saturated heterocycles. The molecule has 4 nitrogen and oxygen atoms in total. The Hall–Kier alpha value is -1.45. The van der Waals surface area contributed by atoms with E-state index in [4.69, 9.17) is 0 Å². The minimum absolute atomic E-state index is 0.0814. The fourth-order valence-corrected chi connectivity index (χ4v) is 1.36. The molecule has 0 saturated carbocycles. The van der Waals surface area contributed by atoms with E-state index in [0.717, 1.165) is 11.2 Å². The Labute approximate surface area is 76.4 Å². The van der Waals surface area contributed by atoms with Crippen molar-refractivity contribution in [2.45, 2.75) is 26.2 Å². The van der Waals surface area contributed by atoms with Gasteiger partial charge in [-0.1, -0.05) is 26.0 Å². The van der Waals surface area contributed by atoms with Crippen molar-refractivity contribution in [3.8, 4) is 0 Å². The van der Waals surface area contributed by atoms with Crippen molar-refractivity contribution in [1.29, 1.82) is 0 Å². The second kappa shape index (κ2) is 2.52. The van der Waals surface area contributed by atoms with Gasteiger partial charge in [-0.15, -0.1) is 5.10 Å². The lowest BCUT2D eigenvalue weighted by atomic mass is 9.87. The van der Waals surface area contributed by atoms with Crippen LogP contribution in [0.25, 0.3) is 11.2 Å². The molecule has 2 aromatic rings. The molecule has 0 bridgehead atoms. The molecular formula is C9H12N4. The first-order valence-electron chi connectivity index (χ1n) is 4.25. The molecule has 2 aromatic heterocycles. The van der Waals surface area contributed by atoms with Crippen LogP contribution in [0.15, 0.2) is 12.3 Å². The van der Waals surface area contributed by atoms with E-state index >= 15 is 0 Å². The molecule has 13 heavy (non-hydrogen) atoms. The minimum Gasteiger partial charge on any atom is -0.240 e. The zero-order chi connectivity index (χ0) is 9.47. The van der Waals surface area contributed by atoms with Crippen molar-refractivity contribution in [3.63, 3.8) is 0 Å². The summed E-state index contributed by atoms with van der Waals surface area (Å²) in [5.74, 6) is 0. The van der Waals surface area contributed by atoms with Gasteiger partial charge in [-0.25, -0.2) is 10.1 Å². The van der Waals surface area contributed by atoms with Crippen LogP contribution in [-0.4, -0.2) is 20.4 Å². The van der Waals surface area contributed by atoms with Gasteiger partial charge in [0, 0.05) is 6.20 Å². The Balaban J connectivity index is 2.75. The number of aromatic amines is 1. The van der Waals surface area contributed by atoms with E-state index in [1.165, 1.54) is 5.56 Å². The molecule has 4 heteroatoms. The Kier molecular flexibility index (Phi) is 1.58. The van der Waals surface area contributed by atoms with E-state index in [9.17, 15) is 0 Å². The monoisotopic (exact) mass is 176 g/mol. The molecule has 0 atom stereocenters. The SMILES string of the molecule is CC(C)(C)c1ccnc2[nH]nnc12. The molecule has 68 valence electrons. The Bertz CT molecular complexity index is 424. The van der Waals surface area contributed by atoms with Gasteiger partial charge < -0.3 is 0 Å². The number of rotatable bonds is 0. The van der Waals surface area contributed by atoms with E-state index in [1.54, 1.807) is 6.20 Å². The third-order valence-electron chi connectivity index (χ3n) is 2.04. The molecule has 0 aliphatic rings. The largest absolute Gasteiger partial charge is 0.240 e. The van der Waals surface area contributed by atoms with Crippen LogP contribution in [0.2, 0.25) is 0 Å². The number of hydrogen-bond donors (Lipinski definition) is 1. The maximum Gasteiger partial charge on any atom is 0.176 e. The molecule has 0 spiro atoms. The Morgan fingerprint density at radius 2 is 2.08 bits per heavy atom. The van der Waals surface area contributed by atoms with Crippen LogP contribution in [0, 0.1) is 0 Å². The number of nitrogens with one attached hydrogen (secondary N) is 1. The van der Waals surface area contributed by atoms with Crippen molar-refractivity contribution in [1.82, 2.24) is 20.4 Å². The standard InChI is InChI=1S/C9H12N4/c1-9(2,3)6-4-5-10-8-7(6)11-13-12-8/h4-5H,1-3H3,(H,10,11,12,13). The third-order valence-corrected chi connectivity index (χ3v) is 2.04. The van der Waals surface area contributed by atoms with Crippen LogP contribution < -0.4 is 0 Å². The van der Waals surface area contributed by atoms with Crippen molar-refractivity contribution in [3.05, 3.63) is 17.8 Å². The van der Waals surface area contributed by atoms with Crippen LogP contribution in [0.3, 0.4) is 0 Å². The molecule has 0 unspecified atom stereocenters. The van der Waals surface area contributed by atoms with Gasteiger partial charge >= 0.3 is 0 Å². The quantitative estimate of drug-likeness (QED) is 0.664. The minimum atomic E-state index is 0.0814. The van der Waals surface area contributed by atoms with E-state index in [0.29, 0.717) is 0 Å². The second-order valence-corrected chi connectivity index (χ2v) is 4.12. The van der Waals surface area contributed by atoms with Crippen LogP contribution in [-0.2, 0) is 5.41 Å². The zero-order valence-corrected chi connectivity index (χ0v) is 8.00. The van der Waals surface area contributed by atoms with Crippen LogP contribution in [0.5, 0.6) is 0 Å². The predicted octanol–water partition coefficient (Wildman–Crippen LogP) is 1.65. The number of nitrogens with zero attached hydrogens (tertiary/aromatic N) is 3. The molecular weight excluding hydrogens is 164 g/mol. The smallest absolute Gasteiger partial charge is 0.176 e. The summed E-state index contributed by atoms with van der Waals surface area (Å²) in [6.07, 6.45) is 1.78. The molecule has 2 heterocycles. The first kappa shape index (κ1) is 8.16. The molecule has 0 amide bonds. The molecule has 0 fully saturated rings. The summed E-state index contributed by atoms with van der Waals surface area (Å²) in [5.41, 5.74) is 2.88. The van der Waals surface area contributed by atoms with Crippen LogP contribution in [0.4, 0.5) is 0 Å². The van der Waals surface area contributed by atoms with E-state index in [-0.39, 0.29) is 5.41 Å². The van der Waals surface area contributed by atoms with Gasteiger partial charge in [0.15, 0.2) is 5.65 Å². The molecule has 2 rings (SSSR count). The lowest BCUT2D eigenvalue weighted by Gasteiger charge is -2.18. The maximum absolute atomic E-state index is 4.13. The summed E-state index contributed by atoms with van der Waals surface area (Å²) >= 11 is 0. The second-order valence-electron chi connectivity index (χ2n) is 4.12. The van der Waals surface area contributed by atoms with Gasteiger partial charge in [0.2, 0.25) is 0 Å². The number of fused-ring (bicyclic) bond motifs is 1. The third kappa shape index (κ3) is 1.28. The normalized spacial score (nSPS) is 12.2. The van der Waals surface area contributed by atoms with Crippen LogP contribution >= 0.6 is 0 Å². The lowest BCUT2D eigenvalue weighted by molar-refractivity contribution is 0.594. The molecule has 0 aliphatic carbocycles. The molecule has 1 N–H and O–H groups in total. The number of H-pyrrole nitrogens is 1. The fourth-order valence-electron chi connectivity index (χ4n) is 1.36. The topological polar surface area (TPSA) is 54.5 Å². The first-order valence-corrected chi connectivity index (χ1v) is 4.25. The molecule has 0 aliphatic heterocycles. The van der Waals surface area contributed by atoms with Gasteiger partial charge in [0.05, 0.1) is 0 Å². The number of hydrogen-bond acceptors (Lipinski definition) is 3. The Morgan fingerprint density at radius 3 is 2.77 bits per heavy atom. The summed E-state index contributed by atoms with van der Waals surface area (Å²) in [5, 5.41) is 10.5. The maximum atomic E-state index is 4.13. The van der Waals surface area contributed by atoms with Crippen molar-refractivity contribution in [2.75, 3.05) is 0 Å². The van der Waals surface area contributed by atoms with E-state index in [1.807, 2.05) is 6.07 Å². The summed E-state index contributed by atoms with van der Waals surface area (Å²) in [4.78, 5) is 4.13. The average Bonchev–Trinajstić information content (AvgIpc) is 2.48. The fraction of sp³-hybridized carbons (Fsp3) is 0.444. The highest BCUT2D eigenvalue weighted by molar-refractivity contribution is 5.74. The van der Waals surface area contributed by atoms with Crippen molar-refractivity contribution >= 4 is 11.2 Å². The average molecular weight is 176 g/mol. The summed E-state index contributed by atoms with van der Waals surface area (Å²) in [6, 6.07) is 1.99. The van der Waals surface area contributed by atoms with Gasteiger partial charge in [-0.05, 0) is 17.0 Å². The van der Waals surface area contributed by atoms with E-state index in [2.05, 4.69) is 41.2 Å². The highest BCUT2D eigenvalue weighted by Crippen LogP contribution is 2.26. The van der Waals surface area contributed by atoms with Crippen LogP contribution in [0.1, 0.15) is 26.3 Å². The zero-order valence-electron chi connectivity index (χ0n) is 8.00. The number of aromatic nitrogens is 4. The lowest BCUT2D eigenvalue weighted by Crippen LogP contribution is -2.11. The van der Waals surface area contributed by atoms with Gasteiger partial charge in [-0.2, -0.15) is 0 Å². The molecule has 0 aromatic carbocycles. The van der Waals surface area contributed by atoms with E-state index < -0.39 is 0 Å². The van der Waals surface area contributed by atoms with Crippen molar-refractivity contribution in [2.24, 2.45) is 0 Å². The Morgan fingerprint density at radius 1 is 1.31 bits per heavy atom. The highest BCUT2D eigenvalue weighted by atomic mass is 15.3. The van der Waals surface area contributed by atoms with Gasteiger partial charge in [0.25, 0.3) is 0 Å². The highest BCUT2D eigenvalue weighted by Gasteiger charge is 2.18.